The largest absolute Gasteiger partial charge is 0.376 e. The number of hydrogen-bond donors (Lipinski definition) is 2. The van der Waals surface area contributed by atoms with Crippen LogP contribution in [0.1, 0.15) is 0 Å². The third-order valence-corrected chi connectivity index (χ3v) is 3.04. The molecule has 0 fully saturated rings. The Labute approximate surface area is 119 Å². The van der Waals surface area contributed by atoms with Gasteiger partial charge in [-0.1, -0.05) is 18.2 Å². The first kappa shape index (κ1) is 13.5. The van der Waals surface area contributed by atoms with Crippen molar-refractivity contribution in [3.8, 4) is 0 Å². The Balaban J connectivity index is 1.89. The van der Waals surface area contributed by atoms with E-state index in [2.05, 4.69) is 26.6 Å². The number of anilines is 2. The van der Waals surface area contributed by atoms with Crippen LogP contribution in [0.5, 0.6) is 0 Å². The number of rotatable bonds is 4. The van der Waals surface area contributed by atoms with Crippen LogP contribution in [0.4, 0.5) is 15.8 Å². The zero-order valence-corrected chi connectivity index (χ0v) is 11.6. The Hall–Kier alpha value is -1.88. The Morgan fingerprint density at radius 2 is 1.84 bits per heavy atom. The number of benzene rings is 2. The van der Waals surface area contributed by atoms with Crippen molar-refractivity contribution >= 4 is 33.2 Å². The van der Waals surface area contributed by atoms with Crippen molar-refractivity contribution < 1.29 is 9.18 Å². The van der Waals surface area contributed by atoms with Gasteiger partial charge < -0.3 is 10.6 Å². The summed E-state index contributed by atoms with van der Waals surface area (Å²) >= 11 is 3.07. The predicted octanol–water partition coefficient (Wildman–Crippen LogP) is 3.64. The lowest BCUT2D eigenvalue weighted by Gasteiger charge is -2.08. The van der Waals surface area contributed by atoms with Gasteiger partial charge in [0.15, 0.2) is 0 Å². The van der Waals surface area contributed by atoms with Crippen LogP contribution in [0.2, 0.25) is 0 Å². The molecule has 5 heteroatoms. The quantitative estimate of drug-likeness (QED) is 0.902. The summed E-state index contributed by atoms with van der Waals surface area (Å²) in [6.45, 7) is 0.152. The van der Waals surface area contributed by atoms with Gasteiger partial charge in [-0.15, -0.1) is 0 Å². The van der Waals surface area contributed by atoms with Gasteiger partial charge >= 0.3 is 0 Å². The van der Waals surface area contributed by atoms with Crippen LogP contribution in [0, 0.1) is 5.82 Å². The number of carbonyl (C=O) groups is 1. The molecule has 0 aliphatic carbocycles. The Morgan fingerprint density at radius 3 is 2.53 bits per heavy atom. The molecule has 0 heterocycles. The molecule has 0 unspecified atom stereocenters. The summed E-state index contributed by atoms with van der Waals surface area (Å²) in [5, 5.41) is 5.67. The van der Waals surface area contributed by atoms with Crippen molar-refractivity contribution in [3.63, 3.8) is 0 Å². The van der Waals surface area contributed by atoms with E-state index < -0.39 is 0 Å². The van der Waals surface area contributed by atoms with Crippen molar-refractivity contribution in [3.05, 3.63) is 58.8 Å². The van der Waals surface area contributed by atoms with E-state index in [0.29, 0.717) is 10.2 Å². The molecule has 2 N–H and O–H groups in total. The Kier molecular flexibility index (Phi) is 4.52. The van der Waals surface area contributed by atoms with Crippen LogP contribution in [-0.4, -0.2) is 12.5 Å². The summed E-state index contributed by atoms with van der Waals surface area (Å²) in [6.07, 6.45) is 0. The molecule has 0 bridgehead atoms. The minimum absolute atomic E-state index is 0.152. The average molecular weight is 323 g/mol. The van der Waals surface area contributed by atoms with E-state index in [0.717, 1.165) is 5.69 Å². The first-order chi connectivity index (χ1) is 9.15. The van der Waals surface area contributed by atoms with Crippen LogP contribution in [0.3, 0.4) is 0 Å². The van der Waals surface area contributed by atoms with Crippen molar-refractivity contribution in [2.75, 3.05) is 17.2 Å². The number of para-hydroxylation sites is 1. The molecular weight excluding hydrogens is 311 g/mol. The van der Waals surface area contributed by atoms with Gasteiger partial charge in [-0.25, -0.2) is 4.39 Å². The van der Waals surface area contributed by atoms with E-state index in [-0.39, 0.29) is 18.3 Å². The smallest absolute Gasteiger partial charge is 0.243 e. The molecule has 0 radical (unpaired) electrons. The molecule has 19 heavy (non-hydrogen) atoms. The van der Waals surface area contributed by atoms with Gasteiger partial charge in [0.2, 0.25) is 5.91 Å². The molecule has 2 aromatic carbocycles. The minimum Gasteiger partial charge on any atom is -0.376 e. The number of hydrogen-bond acceptors (Lipinski definition) is 2. The molecule has 2 aromatic rings. The molecule has 1 amide bonds. The first-order valence-corrected chi connectivity index (χ1v) is 6.48. The van der Waals surface area contributed by atoms with Crippen molar-refractivity contribution in [1.82, 2.24) is 0 Å². The molecule has 0 atom stereocenters. The van der Waals surface area contributed by atoms with Gasteiger partial charge in [0, 0.05) is 11.4 Å². The molecule has 0 saturated heterocycles. The van der Waals surface area contributed by atoms with Gasteiger partial charge in [0.25, 0.3) is 0 Å². The summed E-state index contributed by atoms with van der Waals surface area (Å²) in [4.78, 5) is 11.7. The van der Waals surface area contributed by atoms with Crippen molar-refractivity contribution in [2.24, 2.45) is 0 Å². The third kappa shape index (κ3) is 4.06. The fourth-order valence-corrected chi connectivity index (χ4v) is 1.90. The maximum absolute atomic E-state index is 13.0. The summed E-state index contributed by atoms with van der Waals surface area (Å²) < 4.78 is 13.4. The Bertz CT molecular complexity index is 575. The Morgan fingerprint density at radius 1 is 1.11 bits per heavy atom. The molecular formula is C14H12BrFN2O. The maximum atomic E-state index is 13.0. The van der Waals surface area contributed by atoms with Crippen LogP contribution in [0.25, 0.3) is 0 Å². The second-order valence-corrected chi connectivity index (χ2v) is 4.75. The van der Waals surface area contributed by atoms with E-state index in [1.807, 2.05) is 30.3 Å². The number of halogens is 2. The van der Waals surface area contributed by atoms with Crippen molar-refractivity contribution in [2.45, 2.75) is 0 Å². The molecule has 2 rings (SSSR count). The van der Waals surface area contributed by atoms with E-state index >= 15 is 0 Å². The molecule has 0 spiro atoms. The molecule has 0 aromatic heterocycles. The van der Waals surface area contributed by atoms with Crippen LogP contribution >= 0.6 is 15.9 Å². The summed E-state index contributed by atoms with van der Waals surface area (Å²) in [5.74, 6) is -0.553. The lowest BCUT2D eigenvalue weighted by Crippen LogP contribution is -2.21. The normalized spacial score (nSPS) is 10.0. The highest BCUT2D eigenvalue weighted by Crippen LogP contribution is 2.19. The highest BCUT2D eigenvalue weighted by molar-refractivity contribution is 9.10. The fraction of sp³-hybridized carbons (Fsp3) is 0.0714. The summed E-state index contributed by atoms with van der Waals surface area (Å²) in [5.41, 5.74) is 1.42. The number of nitrogens with one attached hydrogen (secondary N) is 2. The standard InChI is InChI=1S/C14H12BrFN2O/c15-12-8-11(6-7-13(12)16)18-14(19)9-17-10-4-2-1-3-5-10/h1-8,17H,9H2,(H,18,19). The SMILES string of the molecule is O=C(CNc1ccccc1)Nc1ccc(F)c(Br)c1. The predicted molar refractivity (Wildman–Crippen MR) is 77.7 cm³/mol. The van der Waals surface area contributed by atoms with E-state index in [1.165, 1.54) is 18.2 Å². The van der Waals surface area contributed by atoms with E-state index in [9.17, 15) is 9.18 Å². The zero-order chi connectivity index (χ0) is 13.7. The molecule has 3 nitrogen and oxygen atoms in total. The second-order valence-electron chi connectivity index (χ2n) is 3.90. The van der Waals surface area contributed by atoms with Crippen molar-refractivity contribution in [1.29, 1.82) is 0 Å². The van der Waals surface area contributed by atoms with Gasteiger partial charge in [-0.05, 0) is 46.3 Å². The fourth-order valence-electron chi connectivity index (χ4n) is 1.52. The second kappa shape index (κ2) is 6.33. The van der Waals surface area contributed by atoms with Gasteiger partial charge in [-0.2, -0.15) is 0 Å². The molecule has 0 aliphatic rings. The highest BCUT2D eigenvalue weighted by Gasteiger charge is 2.04. The van der Waals surface area contributed by atoms with Crippen LogP contribution < -0.4 is 10.6 Å². The maximum Gasteiger partial charge on any atom is 0.243 e. The average Bonchev–Trinajstić information content (AvgIpc) is 2.42. The monoisotopic (exact) mass is 322 g/mol. The lowest BCUT2D eigenvalue weighted by molar-refractivity contribution is -0.114. The summed E-state index contributed by atoms with van der Waals surface area (Å²) in [6, 6.07) is 13.8. The van der Waals surface area contributed by atoms with Gasteiger partial charge in [-0.3, -0.25) is 4.79 Å². The topological polar surface area (TPSA) is 41.1 Å². The third-order valence-electron chi connectivity index (χ3n) is 2.43. The molecule has 0 aliphatic heterocycles. The minimum atomic E-state index is -0.361. The summed E-state index contributed by atoms with van der Waals surface area (Å²) in [7, 11) is 0. The molecule has 98 valence electrons. The first-order valence-electron chi connectivity index (χ1n) is 5.69. The van der Waals surface area contributed by atoms with Crippen LogP contribution in [-0.2, 0) is 4.79 Å². The van der Waals surface area contributed by atoms with Gasteiger partial charge in [0.05, 0.1) is 11.0 Å². The highest BCUT2D eigenvalue weighted by atomic mass is 79.9. The number of carbonyl (C=O) groups excluding carboxylic acids is 1. The van der Waals surface area contributed by atoms with E-state index in [4.69, 9.17) is 0 Å². The lowest BCUT2D eigenvalue weighted by atomic mass is 10.3. The van der Waals surface area contributed by atoms with Crippen LogP contribution in [0.15, 0.2) is 53.0 Å². The number of amides is 1. The zero-order valence-electron chi connectivity index (χ0n) is 9.99. The van der Waals surface area contributed by atoms with Gasteiger partial charge in [0.1, 0.15) is 5.82 Å². The molecule has 0 saturated carbocycles. The van der Waals surface area contributed by atoms with E-state index in [1.54, 1.807) is 0 Å².